The van der Waals surface area contributed by atoms with Gasteiger partial charge in [-0.3, -0.25) is 14.9 Å². The van der Waals surface area contributed by atoms with Crippen LogP contribution in [0.15, 0.2) is 35.7 Å². The molecule has 156 valence electrons. The van der Waals surface area contributed by atoms with Crippen molar-refractivity contribution in [3.05, 3.63) is 47.0 Å². The molecular formula is C19H24N4O4S2. The van der Waals surface area contributed by atoms with E-state index in [4.69, 9.17) is 0 Å². The molecule has 1 aromatic carbocycles. The van der Waals surface area contributed by atoms with Gasteiger partial charge in [0.1, 0.15) is 0 Å². The topological polar surface area (TPSA) is 108 Å². The molecule has 0 saturated carbocycles. The molecule has 8 nitrogen and oxygen atoms in total. The molecule has 1 aliphatic rings. The van der Waals surface area contributed by atoms with Crippen molar-refractivity contribution in [1.29, 1.82) is 0 Å². The second-order valence-corrected chi connectivity index (χ2v) is 9.69. The summed E-state index contributed by atoms with van der Waals surface area (Å²) in [5.74, 6) is -0.336. The lowest BCUT2D eigenvalue weighted by atomic mass is 10.0. The molecule has 3 rings (SSSR count). The lowest BCUT2D eigenvalue weighted by Crippen LogP contribution is -2.49. The molecule has 1 aliphatic heterocycles. The molecule has 10 heteroatoms. The molecule has 0 spiro atoms. The third kappa shape index (κ3) is 6.34. The largest absolute Gasteiger partial charge is 0.338 e. The molecule has 2 N–H and O–H groups in total. The molecule has 1 unspecified atom stereocenters. The second kappa shape index (κ2) is 9.47. The van der Waals surface area contributed by atoms with Gasteiger partial charge in [0.25, 0.3) is 5.91 Å². The quantitative estimate of drug-likeness (QED) is 0.689. The van der Waals surface area contributed by atoms with E-state index in [0.29, 0.717) is 22.9 Å². The van der Waals surface area contributed by atoms with Gasteiger partial charge in [-0.15, -0.1) is 11.3 Å². The normalized spacial score (nSPS) is 17.1. The Morgan fingerprint density at radius 2 is 2.00 bits per heavy atom. The number of likely N-dealkylation sites (tertiary alicyclic amines) is 1. The Morgan fingerprint density at radius 3 is 2.72 bits per heavy atom. The maximum atomic E-state index is 12.8. The second-order valence-electron chi connectivity index (χ2n) is 7.00. The Morgan fingerprint density at radius 1 is 1.24 bits per heavy atom. The highest BCUT2D eigenvalue weighted by Gasteiger charge is 2.27. The van der Waals surface area contributed by atoms with Crippen LogP contribution in [0.1, 0.15) is 35.3 Å². The van der Waals surface area contributed by atoms with Gasteiger partial charge in [-0.2, -0.15) is 0 Å². The Bertz CT molecular complexity index is 960. The first-order valence-corrected chi connectivity index (χ1v) is 12.1. The van der Waals surface area contributed by atoms with Gasteiger partial charge in [0.15, 0.2) is 5.13 Å². The van der Waals surface area contributed by atoms with Gasteiger partial charge in [-0.25, -0.2) is 18.1 Å². The summed E-state index contributed by atoms with van der Waals surface area (Å²) >= 11 is 1.27. The summed E-state index contributed by atoms with van der Waals surface area (Å²) in [7, 11) is -3.30. The Kier molecular flexibility index (Phi) is 6.99. The average molecular weight is 437 g/mol. The molecular weight excluding hydrogens is 412 g/mol. The molecule has 0 radical (unpaired) electrons. The number of amides is 2. The maximum absolute atomic E-state index is 12.8. The number of benzene rings is 1. The van der Waals surface area contributed by atoms with E-state index < -0.39 is 10.0 Å². The van der Waals surface area contributed by atoms with Crippen LogP contribution in [0.4, 0.5) is 5.13 Å². The highest BCUT2D eigenvalue weighted by molar-refractivity contribution is 7.88. The van der Waals surface area contributed by atoms with Crippen LogP contribution >= 0.6 is 11.3 Å². The number of hydrogen-bond donors (Lipinski definition) is 2. The summed E-state index contributed by atoms with van der Waals surface area (Å²) in [6.45, 7) is 0.830. The first-order chi connectivity index (χ1) is 13.8. The molecule has 1 atom stereocenters. The van der Waals surface area contributed by atoms with Crippen LogP contribution in [-0.2, 0) is 21.2 Å². The minimum Gasteiger partial charge on any atom is -0.338 e. The summed E-state index contributed by atoms with van der Waals surface area (Å²) < 4.78 is 25.3. The van der Waals surface area contributed by atoms with Crippen LogP contribution in [-0.4, -0.2) is 55.5 Å². The molecule has 29 heavy (non-hydrogen) atoms. The first kappa shape index (κ1) is 21.4. The van der Waals surface area contributed by atoms with Crippen LogP contribution in [0.3, 0.4) is 0 Å². The van der Waals surface area contributed by atoms with Gasteiger partial charge >= 0.3 is 0 Å². The summed E-state index contributed by atoms with van der Waals surface area (Å²) in [6, 6.07) is 8.69. The third-order valence-electron chi connectivity index (χ3n) is 4.67. The minimum absolute atomic E-state index is 0.0868. The standard InChI is InChI=1S/C19H24N4O4S2/c1-29(26,27)20-12-16-9-5-6-10-23(16)17(24)11-15-13-28-19(21-15)22-18(25)14-7-3-2-4-8-14/h2-4,7-8,13,16,20H,5-6,9-12H2,1H3,(H,21,22,25). The van der Waals surface area contributed by atoms with E-state index in [9.17, 15) is 18.0 Å². The van der Waals surface area contributed by atoms with Crippen LogP contribution in [0, 0.1) is 0 Å². The Labute approximate surface area is 174 Å². The number of nitrogens with zero attached hydrogens (tertiary/aromatic N) is 2. The van der Waals surface area contributed by atoms with E-state index in [2.05, 4.69) is 15.0 Å². The highest BCUT2D eigenvalue weighted by Crippen LogP contribution is 2.21. The van der Waals surface area contributed by atoms with E-state index in [1.54, 1.807) is 34.5 Å². The van der Waals surface area contributed by atoms with Crippen LogP contribution in [0.5, 0.6) is 0 Å². The molecule has 2 heterocycles. The van der Waals surface area contributed by atoms with Crippen molar-refractivity contribution in [2.75, 3.05) is 24.7 Å². The molecule has 1 aromatic heterocycles. The van der Waals surface area contributed by atoms with Crippen LogP contribution in [0.2, 0.25) is 0 Å². The molecule has 0 aliphatic carbocycles. The van der Waals surface area contributed by atoms with E-state index in [1.807, 2.05) is 6.07 Å². The van der Waals surface area contributed by atoms with Crippen LogP contribution in [0.25, 0.3) is 0 Å². The monoisotopic (exact) mass is 436 g/mol. The van der Waals surface area contributed by atoms with Crippen molar-refractivity contribution in [2.45, 2.75) is 31.7 Å². The van der Waals surface area contributed by atoms with E-state index >= 15 is 0 Å². The van der Waals surface area contributed by atoms with Gasteiger partial charge in [-0.05, 0) is 31.4 Å². The molecule has 2 aromatic rings. The minimum atomic E-state index is -3.30. The number of carbonyl (C=O) groups excluding carboxylic acids is 2. The van der Waals surface area contributed by atoms with E-state index in [1.165, 1.54) is 11.3 Å². The number of aromatic nitrogens is 1. The number of sulfonamides is 1. The van der Waals surface area contributed by atoms with Gasteiger partial charge in [0, 0.05) is 30.1 Å². The molecule has 0 bridgehead atoms. The van der Waals surface area contributed by atoms with Crippen molar-refractivity contribution in [2.24, 2.45) is 0 Å². The van der Waals surface area contributed by atoms with E-state index in [0.717, 1.165) is 25.5 Å². The number of carbonyl (C=O) groups is 2. The Balaban J connectivity index is 1.59. The maximum Gasteiger partial charge on any atom is 0.257 e. The van der Waals surface area contributed by atoms with Crippen molar-refractivity contribution in [3.8, 4) is 0 Å². The average Bonchev–Trinajstić information content (AvgIpc) is 3.13. The van der Waals surface area contributed by atoms with Gasteiger partial charge in [0.05, 0.1) is 18.4 Å². The fraction of sp³-hybridized carbons (Fsp3) is 0.421. The zero-order valence-corrected chi connectivity index (χ0v) is 17.8. The predicted molar refractivity (Wildman–Crippen MR) is 112 cm³/mol. The van der Waals surface area contributed by atoms with Crippen molar-refractivity contribution < 1.29 is 18.0 Å². The first-order valence-electron chi connectivity index (χ1n) is 9.37. The number of anilines is 1. The van der Waals surface area contributed by atoms with Crippen molar-refractivity contribution in [3.63, 3.8) is 0 Å². The third-order valence-corrected chi connectivity index (χ3v) is 6.17. The van der Waals surface area contributed by atoms with Crippen molar-refractivity contribution >= 4 is 38.3 Å². The van der Waals surface area contributed by atoms with Crippen LogP contribution < -0.4 is 10.0 Å². The number of hydrogen-bond acceptors (Lipinski definition) is 6. The summed E-state index contributed by atoms with van der Waals surface area (Å²) in [5.41, 5.74) is 1.12. The van der Waals surface area contributed by atoms with Gasteiger partial charge in [-0.1, -0.05) is 18.2 Å². The summed E-state index contributed by atoms with van der Waals surface area (Å²) in [6.07, 6.45) is 3.86. The zero-order valence-electron chi connectivity index (χ0n) is 16.1. The summed E-state index contributed by atoms with van der Waals surface area (Å²) in [5, 5.41) is 4.94. The fourth-order valence-corrected chi connectivity index (χ4v) is 4.45. The number of rotatable bonds is 7. The number of thiazole rings is 1. The van der Waals surface area contributed by atoms with E-state index in [-0.39, 0.29) is 30.8 Å². The predicted octanol–water partition coefficient (Wildman–Crippen LogP) is 1.87. The van der Waals surface area contributed by atoms with Gasteiger partial charge in [0.2, 0.25) is 15.9 Å². The zero-order chi connectivity index (χ0) is 20.9. The molecule has 1 saturated heterocycles. The SMILES string of the molecule is CS(=O)(=O)NCC1CCCCN1C(=O)Cc1csc(NC(=O)c2ccccc2)n1. The fourth-order valence-electron chi connectivity index (χ4n) is 3.25. The lowest BCUT2D eigenvalue weighted by Gasteiger charge is -2.35. The number of nitrogens with one attached hydrogen (secondary N) is 2. The molecule has 1 fully saturated rings. The van der Waals surface area contributed by atoms with Gasteiger partial charge < -0.3 is 4.90 Å². The Hall–Kier alpha value is -2.30. The smallest absolute Gasteiger partial charge is 0.257 e. The molecule has 2 amide bonds. The number of piperidine rings is 1. The highest BCUT2D eigenvalue weighted by atomic mass is 32.2. The lowest BCUT2D eigenvalue weighted by molar-refractivity contribution is -0.134. The summed E-state index contributed by atoms with van der Waals surface area (Å²) in [4.78, 5) is 31.1. The van der Waals surface area contributed by atoms with Crippen molar-refractivity contribution in [1.82, 2.24) is 14.6 Å².